The second-order valence-corrected chi connectivity index (χ2v) is 11.4. The Morgan fingerprint density at radius 3 is 2.68 bits per heavy atom. The van der Waals surface area contributed by atoms with Gasteiger partial charge in [-0.3, -0.25) is 9.59 Å². The largest absolute Gasteiger partial charge is 0.507 e. The summed E-state index contributed by atoms with van der Waals surface area (Å²) >= 11 is 6.39. The molecule has 1 aliphatic heterocycles. The number of carbonyl (C=O) groups excluding carboxylic acids is 2. The van der Waals surface area contributed by atoms with Crippen LogP contribution in [-0.2, 0) is 4.74 Å². The molecule has 3 heterocycles. The fourth-order valence-corrected chi connectivity index (χ4v) is 6.04. The summed E-state index contributed by atoms with van der Waals surface area (Å²) in [5, 5.41) is 15.4. The highest BCUT2D eigenvalue weighted by atomic mass is 35.5. The van der Waals surface area contributed by atoms with E-state index < -0.39 is 0 Å². The van der Waals surface area contributed by atoms with E-state index in [0.717, 1.165) is 28.3 Å². The number of fused-ring (bicyclic) bond motifs is 4. The number of anilines is 2. The maximum absolute atomic E-state index is 13.8. The number of aromatic nitrogens is 2. The average molecular weight is 613 g/mol. The van der Waals surface area contributed by atoms with E-state index in [2.05, 4.69) is 10.3 Å². The number of imidazole rings is 1. The number of methoxy groups -OCH3 is 1. The zero-order chi connectivity index (χ0) is 31.0. The van der Waals surface area contributed by atoms with Crippen LogP contribution in [0.25, 0.3) is 16.4 Å². The minimum Gasteiger partial charge on any atom is -0.507 e. The van der Waals surface area contributed by atoms with Crippen LogP contribution in [0.3, 0.4) is 0 Å². The van der Waals surface area contributed by atoms with Crippen molar-refractivity contribution in [2.75, 3.05) is 36.4 Å². The molecular weight excluding hydrogens is 580 g/mol. The van der Waals surface area contributed by atoms with E-state index in [0.29, 0.717) is 47.4 Å². The zero-order valence-electron chi connectivity index (χ0n) is 24.7. The van der Waals surface area contributed by atoms with Crippen molar-refractivity contribution in [3.8, 4) is 11.5 Å². The molecule has 0 fully saturated rings. The first kappa shape index (κ1) is 29.5. The quantitative estimate of drug-likeness (QED) is 0.183. The Morgan fingerprint density at radius 2 is 1.93 bits per heavy atom. The lowest BCUT2D eigenvalue weighted by molar-refractivity contribution is 0.0982. The maximum Gasteiger partial charge on any atom is 0.278 e. The fraction of sp³-hybridized carbons (Fsp3) is 0.265. The summed E-state index contributed by atoms with van der Waals surface area (Å²) < 4.78 is 12.7. The minimum absolute atomic E-state index is 0.00787. The number of hydrogen-bond acceptors (Lipinski definition) is 6. The van der Waals surface area contributed by atoms with E-state index in [-0.39, 0.29) is 35.3 Å². The molecule has 10 heteroatoms. The predicted molar refractivity (Wildman–Crippen MR) is 172 cm³/mol. The number of ether oxygens (including phenoxy) is 2. The van der Waals surface area contributed by atoms with E-state index in [1.807, 2.05) is 32.0 Å². The van der Waals surface area contributed by atoms with Gasteiger partial charge in [0.15, 0.2) is 0 Å². The lowest BCUT2D eigenvalue weighted by atomic mass is 9.92. The van der Waals surface area contributed by atoms with Crippen molar-refractivity contribution in [1.29, 1.82) is 0 Å². The Bertz CT molecular complexity index is 1870. The summed E-state index contributed by atoms with van der Waals surface area (Å²) in [6.07, 6.45) is 4.12. The molecule has 9 nitrogen and oxygen atoms in total. The normalized spacial score (nSPS) is 15.0. The summed E-state index contributed by atoms with van der Waals surface area (Å²) in [6, 6.07) is 17.9. The number of carbonyl (C=O) groups is 2. The highest BCUT2D eigenvalue weighted by molar-refractivity contribution is 6.19. The first-order valence-electron chi connectivity index (χ1n) is 14.5. The van der Waals surface area contributed by atoms with Gasteiger partial charge >= 0.3 is 0 Å². The van der Waals surface area contributed by atoms with Crippen LogP contribution >= 0.6 is 11.6 Å². The van der Waals surface area contributed by atoms with E-state index in [4.69, 9.17) is 21.1 Å². The summed E-state index contributed by atoms with van der Waals surface area (Å²) in [5.41, 5.74) is 4.46. The molecule has 2 amide bonds. The third-order valence-electron chi connectivity index (χ3n) is 8.01. The molecule has 2 N–H and O–H groups in total. The van der Waals surface area contributed by atoms with Crippen molar-refractivity contribution >= 4 is 51.2 Å². The number of phenolic OH excluding ortho intramolecular Hbond substituents is 1. The van der Waals surface area contributed by atoms with E-state index in [9.17, 15) is 14.7 Å². The molecule has 0 saturated heterocycles. The monoisotopic (exact) mass is 612 g/mol. The molecular formula is C34H33ClN4O5. The number of aromatic hydroxyl groups is 1. The second kappa shape index (κ2) is 12.2. The van der Waals surface area contributed by atoms with Crippen molar-refractivity contribution in [2.45, 2.75) is 32.3 Å². The van der Waals surface area contributed by atoms with Crippen molar-refractivity contribution in [3.05, 3.63) is 95.4 Å². The van der Waals surface area contributed by atoms with Gasteiger partial charge in [-0.05, 0) is 66.8 Å². The van der Waals surface area contributed by atoms with Gasteiger partial charge in [-0.15, -0.1) is 11.6 Å². The maximum atomic E-state index is 13.8. The molecule has 0 spiro atoms. The number of rotatable bonds is 9. The standard InChI is InChI=1S/C34H33ClN4O5/c1-20-5-4-6-26-29(40)15-28-32(31(20)26)23(16-35)17-39(28)34(42)27-19-38-18-24(9-12-30(38)37-27)36-33(41)22-7-10-25(11-8-22)44-21(2)13-14-43-3/h4-12,15,18-19,21,23,40H,13-14,16-17H2,1-3H3,(H,36,41)/t21-,23?/m0/s1. The topological polar surface area (TPSA) is 105 Å². The summed E-state index contributed by atoms with van der Waals surface area (Å²) in [5.74, 6) is 0.478. The number of nitrogens with zero attached hydrogens (tertiary/aromatic N) is 3. The molecule has 0 aliphatic carbocycles. The zero-order valence-corrected chi connectivity index (χ0v) is 25.5. The van der Waals surface area contributed by atoms with Crippen LogP contribution in [-0.4, -0.2) is 58.6 Å². The van der Waals surface area contributed by atoms with E-state index in [1.165, 1.54) is 0 Å². The Labute approximate surface area is 260 Å². The number of benzene rings is 3. The summed E-state index contributed by atoms with van der Waals surface area (Å²) in [6.45, 7) is 4.96. The molecule has 2 aromatic heterocycles. The average Bonchev–Trinajstić information content (AvgIpc) is 3.61. The number of halogens is 1. The van der Waals surface area contributed by atoms with Crippen LogP contribution in [0.15, 0.2) is 73.1 Å². The number of alkyl halides is 1. The Hall–Kier alpha value is -4.60. The first-order valence-corrected chi connectivity index (χ1v) is 15.0. The van der Waals surface area contributed by atoms with Crippen LogP contribution in [0.1, 0.15) is 51.2 Å². The molecule has 1 unspecified atom stereocenters. The summed E-state index contributed by atoms with van der Waals surface area (Å²) in [4.78, 5) is 33.0. The highest BCUT2D eigenvalue weighted by Gasteiger charge is 2.36. The predicted octanol–water partition coefficient (Wildman–Crippen LogP) is 6.54. The lowest BCUT2D eigenvalue weighted by Gasteiger charge is -2.17. The van der Waals surface area contributed by atoms with Gasteiger partial charge in [0.05, 0.1) is 17.5 Å². The molecule has 0 bridgehead atoms. The number of aryl methyl sites for hydroxylation is 1. The molecule has 226 valence electrons. The lowest BCUT2D eigenvalue weighted by Crippen LogP contribution is -2.30. The first-order chi connectivity index (χ1) is 21.3. The molecule has 0 saturated carbocycles. The van der Waals surface area contributed by atoms with Crippen LogP contribution in [0.2, 0.25) is 0 Å². The van der Waals surface area contributed by atoms with Gasteiger partial charge in [-0.1, -0.05) is 18.2 Å². The third-order valence-corrected chi connectivity index (χ3v) is 8.38. The Balaban J connectivity index is 1.20. The van der Waals surface area contributed by atoms with Gasteiger partial charge in [0.25, 0.3) is 11.8 Å². The second-order valence-electron chi connectivity index (χ2n) is 11.1. The summed E-state index contributed by atoms with van der Waals surface area (Å²) in [7, 11) is 1.66. The Kier molecular flexibility index (Phi) is 8.16. The molecule has 1 aliphatic rings. The molecule has 2 atom stereocenters. The number of pyridine rings is 1. The van der Waals surface area contributed by atoms with Gasteiger partial charge in [0, 0.05) is 67.9 Å². The van der Waals surface area contributed by atoms with Crippen molar-refractivity contribution < 1.29 is 24.2 Å². The fourth-order valence-electron chi connectivity index (χ4n) is 5.79. The molecule has 44 heavy (non-hydrogen) atoms. The van der Waals surface area contributed by atoms with Crippen LogP contribution in [0, 0.1) is 6.92 Å². The van der Waals surface area contributed by atoms with Crippen molar-refractivity contribution in [1.82, 2.24) is 9.38 Å². The van der Waals surface area contributed by atoms with Gasteiger partial charge < -0.3 is 29.2 Å². The number of phenols is 1. The van der Waals surface area contributed by atoms with Gasteiger partial charge in [0.1, 0.15) is 22.8 Å². The smallest absolute Gasteiger partial charge is 0.278 e. The van der Waals surface area contributed by atoms with Crippen molar-refractivity contribution in [2.24, 2.45) is 0 Å². The molecule has 5 aromatic rings. The SMILES string of the molecule is COCC[C@H](C)Oc1ccc(C(=O)Nc2ccc3nc(C(=O)N4CC(CCl)c5c4cc(O)c4cccc(C)c54)cn3c2)cc1. The minimum atomic E-state index is -0.292. The Morgan fingerprint density at radius 1 is 1.14 bits per heavy atom. The van der Waals surface area contributed by atoms with Crippen LogP contribution < -0.4 is 15.0 Å². The van der Waals surface area contributed by atoms with E-state index >= 15 is 0 Å². The third kappa shape index (κ3) is 5.56. The van der Waals surface area contributed by atoms with Crippen molar-refractivity contribution in [3.63, 3.8) is 0 Å². The molecule has 0 radical (unpaired) electrons. The van der Waals surface area contributed by atoms with Crippen LogP contribution in [0.4, 0.5) is 11.4 Å². The van der Waals surface area contributed by atoms with Gasteiger partial charge in [0.2, 0.25) is 0 Å². The highest BCUT2D eigenvalue weighted by Crippen LogP contribution is 2.46. The van der Waals surface area contributed by atoms with Crippen LogP contribution in [0.5, 0.6) is 11.5 Å². The number of amides is 2. The van der Waals surface area contributed by atoms with E-state index in [1.54, 1.807) is 71.3 Å². The molecule has 6 rings (SSSR count). The molecule has 3 aromatic carbocycles. The number of nitrogens with one attached hydrogen (secondary N) is 1. The van der Waals surface area contributed by atoms with Gasteiger partial charge in [-0.25, -0.2) is 4.98 Å². The van der Waals surface area contributed by atoms with Gasteiger partial charge in [-0.2, -0.15) is 0 Å². The number of hydrogen-bond donors (Lipinski definition) is 2.